The molecule has 1 nitrogen and oxygen atoms in total. The van der Waals surface area contributed by atoms with Gasteiger partial charge in [0.1, 0.15) is 0 Å². The van der Waals surface area contributed by atoms with Crippen LogP contribution in [-0.2, 0) is 0 Å². The van der Waals surface area contributed by atoms with Gasteiger partial charge in [-0.05, 0) is 58.3 Å². The van der Waals surface area contributed by atoms with Gasteiger partial charge in [-0.2, -0.15) is 0 Å². The van der Waals surface area contributed by atoms with Crippen molar-refractivity contribution < 1.29 is 0 Å². The van der Waals surface area contributed by atoms with Gasteiger partial charge in [-0.25, -0.2) is 0 Å². The van der Waals surface area contributed by atoms with Crippen molar-refractivity contribution in [3.05, 3.63) is 102 Å². The lowest BCUT2D eigenvalue weighted by Gasteiger charge is -2.18. The van der Waals surface area contributed by atoms with Gasteiger partial charge in [0, 0.05) is 17.8 Å². The van der Waals surface area contributed by atoms with Gasteiger partial charge >= 0.3 is 0 Å². The number of nitrogens with zero attached hydrogens (tertiary/aromatic N) is 1. The van der Waals surface area contributed by atoms with Crippen LogP contribution in [0.5, 0.6) is 0 Å². The molecule has 0 spiro atoms. The summed E-state index contributed by atoms with van der Waals surface area (Å²) in [5.41, 5.74) is 7.60. The van der Waals surface area contributed by atoms with Crippen molar-refractivity contribution in [2.24, 2.45) is 0 Å². The van der Waals surface area contributed by atoms with Gasteiger partial charge in [0.15, 0.2) is 0 Å². The maximum atomic E-state index is 4.49. The summed E-state index contributed by atoms with van der Waals surface area (Å²) in [5.74, 6) is 0. The van der Waals surface area contributed by atoms with Crippen molar-refractivity contribution in [1.29, 1.82) is 0 Å². The van der Waals surface area contributed by atoms with E-state index in [1.165, 1.54) is 54.9 Å². The molecule has 4 aromatic carbocycles. The van der Waals surface area contributed by atoms with Crippen LogP contribution in [0.3, 0.4) is 0 Å². The maximum Gasteiger partial charge on any atom is 0.0353 e. The fraction of sp³-hybridized carbons (Fsp3) is 0.0741. The van der Waals surface area contributed by atoms with Crippen molar-refractivity contribution in [3.63, 3.8) is 0 Å². The number of aryl methyl sites for hydroxylation is 2. The van der Waals surface area contributed by atoms with E-state index in [0.717, 1.165) is 0 Å². The Labute approximate surface area is 165 Å². The molecule has 0 N–H and O–H groups in total. The molecule has 0 aliphatic heterocycles. The zero-order chi connectivity index (χ0) is 19.1. The van der Waals surface area contributed by atoms with Crippen molar-refractivity contribution in [1.82, 2.24) is 4.98 Å². The van der Waals surface area contributed by atoms with Crippen molar-refractivity contribution in [2.45, 2.75) is 13.8 Å². The van der Waals surface area contributed by atoms with E-state index in [0.29, 0.717) is 0 Å². The first-order valence-electron chi connectivity index (χ1n) is 9.65. The first-order chi connectivity index (χ1) is 13.7. The molecule has 0 atom stereocenters. The number of benzene rings is 4. The Hall–Kier alpha value is -3.45. The zero-order valence-corrected chi connectivity index (χ0v) is 16.1. The molecule has 5 aromatic rings. The molecule has 0 amide bonds. The smallest absolute Gasteiger partial charge is 0.0353 e. The number of fused-ring (bicyclic) bond motifs is 2. The second kappa shape index (κ2) is 6.61. The van der Waals surface area contributed by atoms with Gasteiger partial charge in [-0.1, -0.05) is 83.9 Å². The molecule has 134 valence electrons. The minimum absolute atomic E-state index is 1.20. The quantitative estimate of drug-likeness (QED) is 0.300. The summed E-state index contributed by atoms with van der Waals surface area (Å²) in [7, 11) is 0. The van der Waals surface area contributed by atoms with E-state index < -0.39 is 0 Å². The summed E-state index contributed by atoms with van der Waals surface area (Å²) in [5, 5.41) is 4.99. The zero-order valence-electron chi connectivity index (χ0n) is 16.1. The molecule has 0 bridgehead atoms. The predicted octanol–water partition coefficient (Wildman–Crippen LogP) is 7.34. The van der Waals surface area contributed by atoms with Gasteiger partial charge in [-0.15, -0.1) is 0 Å². The molecule has 0 aliphatic carbocycles. The summed E-state index contributed by atoms with van der Waals surface area (Å²) in [4.78, 5) is 4.49. The van der Waals surface area contributed by atoms with Gasteiger partial charge in [0.05, 0.1) is 0 Å². The summed E-state index contributed by atoms with van der Waals surface area (Å²) in [6.07, 6.45) is 3.91. The molecule has 0 saturated carbocycles. The Morgan fingerprint density at radius 1 is 0.536 bits per heavy atom. The molecule has 0 radical (unpaired) electrons. The second-order valence-corrected chi connectivity index (χ2v) is 7.46. The molecular weight excluding hydrogens is 338 g/mol. The third-order valence-corrected chi connectivity index (χ3v) is 5.40. The molecule has 5 rings (SSSR count). The van der Waals surface area contributed by atoms with E-state index in [4.69, 9.17) is 0 Å². The highest BCUT2D eigenvalue weighted by Crippen LogP contribution is 2.43. The van der Waals surface area contributed by atoms with Crippen molar-refractivity contribution in [3.8, 4) is 22.3 Å². The summed E-state index contributed by atoms with van der Waals surface area (Å²) in [6, 6.07) is 28.3. The third-order valence-electron chi connectivity index (χ3n) is 5.40. The number of rotatable bonds is 2. The number of hydrogen-bond donors (Lipinski definition) is 0. The highest BCUT2D eigenvalue weighted by atomic mass is 14.6. The lowest BCUT2D eigenvalue weighted by Crippen LogP contribution is -1.92. The van der Waals surface area contributed by atoms with Crippen LogP contribution >= 0.6 is 0 Å². The number of pyridine rings is 1. The van der Waals surface area contributed by atoms with Gasteiger partial charge in [0.25, 0.3) is 0 Å². The minimum Gasteiger partial charge on any atom is -0.264 e. The van der Waals surface area contributed by atoms with Crippen LogP contribution < -0.4 is 0 Å². The Balaban J connectivity index is 2.00. The highest BCUT2D eigenvalue weighted by molar-refractivity contribution is 6.21. The Morgan fingerprint density at radius 2 is 1.11 bits per heavy atom. The van der Waals surface area contributed by atoms with Gasteiger partial charge in [-0.3, -0.25) is 4.98 Å². The predicted molar refractivity (Wildman–Crippen MR) is 120 cm³/mol. The number of aromatic nitrogens is 1. The van der Waals surface area contributed by atoms with Crippen LogP contribution in [0.2, 0.25) is 0 Å². The molecule has 0 saturated heterocycles. The molecule has 1 heteroatoms. The Morgan fingerprint density at radius 3 is 1.79 bits per heavy atom. The maximum absolute atomic E-state index is 4.49. The average Bonchev–Trinajstić information content (AvgIpc) is 2.71. The van der Waals surface area contributed by atoms with E-state index in [-0.39, 0.29) is 0 Å². The van der Waals surface area contributed by atoms with E-state index in [1.807, 2.05) is 12.4 Å². The average molecular weight is 359 g/mol. The van der Waals surface area contributed by atoms with Crippen LogP contribution in [0.15, 0.2) is 91.3 Å². The van der Waals surface area contributed by atoms with Gasteiger partial charge < -0.3 is 0 Å². The molecule has 0 fully saturated rings. The molecule has 1 aromatic heterocycles. The van der Waals surface area contributed by atoms with Crippen molar-refractivity contribution >= 4 is 21.5 Å². The largest absolute Gasteiger partial charge is 0.264 e. The minimum atomic E-state index is 1.20. The molecule has 0 unspecified atom stereocenters. The summed E-state index contributed by atoms with van der Waals surface area (Å²) in [6.45, 7) is 4.33. The Kier molecular flexibility index (Phi) is 3.95. The molecule has 28 heavy (non-hydrogen) atoms. The van der Waals surface area contributed by atoms with Crippen LogP contribution in [0.4, 0.5) is 0 Å². The highest BCUT2D eigenvalue weighted by Gasteiger charge is 2.16. The third kappa shape index (κ3) is 2.68. The monoisotopic (exact) mass is 359 g/mol. The topological polar surface area (TPSA) is 12.9 Å². The van der Waals surface area contributed by atoms with E-state index in [1.54, 1.807) is 0 Å². The fourth-order valence-electron chi connectivity index (χ4n) is 4.37. The second-order valence-electron chi connectivity index (χ2n) is 7.46. The molecule has 1 heterocycles. The van der Waals surface area contributed by atoms with E-state index >= 15 is 0 Å². The first-order valence-corrected chi connectivity index (χ1v) is 9.65. The van der Waals surface area contributed by atoms with Crippen LogP contribution in [0.1, 0.15) is 11.1 Å². The van der Waals surface area contributed by atoms with E-state index in [2.05, 4.69) is 97.7 Å². The lowest BCUT2D eigenvalue weighted by molar-refractivity contribution is 1.36. The normalized spacial score (nSPS) is 11.2. The SMILES string of the molecule is Cc1cc(C)cc(-c2c3ccccc3c(-c3ccccc3)c3ccncc23)c1. The molecular formula is C27H21N. The van der Waals surface area contributed by atoms with Gasteiger partial charge in [0.2, 0.25) is 0 Å². The lowest BCUT2D eigenvalue weighted by atomic mass is 9.86. The van der Waals surface area contributed by atoms with Crippen LogP contribution in [-0.4, -0.2) is 4.98 Å². The van der Waals surface area contributed by atoms with Crippen molar-refractivity contribution in [2.75, 3.05) is 0 Å². The standard InChI is InChI=1S/C27H21N/c1-18-14-19(2)16-21(15-18)27-23-11-7-6-10-22(23)26(20-8-4-3-5-9-20)24-12-13-28-17-25(24)27/h3-17H,1-2H3. The summed E-state index contributed by atoms with van der Waals surface area (Å²) < 4.78 is 0. The number of hydrogen-bond acceptors (Lipinski definition) is 1. The molecule has 0 aliphatic rings. The van der Waals surface area contributed by atoms with E-state index in [9.17, 15) is 0 Å². The summed E-state index contributed by atoms with van der Waals surface area (Å²) >= 11 is 0. The first kappa shape index (κ1) is 16.7. The van der Waals surface area contributed by atoms with Crippen LogP contribution in [0, 0.1) is 13.8 Å². The van der Waals surface area contributed by atoms with Crippen LogP contribution in [0.25, 0.3) is 43.8 Å². The Bertz CT molecular complexity index is 1240. The fourth-order valence-corrected chi connectivity index (χ4v) is 4.37.